The predicted molar refractivity (Wildman–Crippen MR) is 205 cm³/mol. The first-order valence-electron chi connectivity index (χ1n) is 16.8. The summed E-state index contributed by atoms with van der Waals surface area (Å²) in [7, 11) is 0. The predicted octanol–water partition coefficient (Wildman–Crippen LogP) is 11.1. The summed E-state index contributed by atoms with van der Waals surface area (Å²) in [6.07, 6.45) is 0. The number of benzene rings is 7. The quantitative estimate of drug-likeness (QED) is 0.188. The molecule has 5 nitrogen and oxygen atoms in total. The lowest BCUT2D eigenvalue weighted by atomic mass is 9.99. The Balaban J connectivity index is 1.32. The minimum absolute atomic E-state index is 0.574. The standard InChI is InChI=1S/C45H29N5/c1-4-16-30(17-5-1)33-22-10-11-24-36(33)44-46-43(31-18-6-2-7-19-31)47-45(48-44)50-39-27-15-13-25-37(39)41-40(50)29-28-35-34-23-12-14-26-38(34)49(42(35)41)32-20-8-3-9-21-32/h1-29H. The van der Waals surface area contributed by atoms with E-state index in [-0.39, 0.29) is 0 Å². The van der Waals surface area contributed by atoms with Gasteiger partial charge in [-0.05, 0) is 41.5 Å². The van der Waals surface area contributed by atoms with Crippen LogP contribution in [0, 0.1) is 0 Å². The molecule has 7 aromatic carbocycles. The van der Waals surface area contributed by atoms with Gasteiger partial charge in [0.25, 0.3) is 0 Å². The first-order chi connectivity index (χ1) is 24.8. The van der Waals surface area contributed by atoms with Gasteiger partial charge >= 0.3 is 0 Å². The second-order valence-corrected chi connectivity index (χ2v) is 12.5. The molecule has 0 amide bonds. The highest BCUT2D eigenvalue weighted by molar-refractivity contribution is 6.26. The van der Waals surface area contributed by atoms with Crippen LogP contribution in [0.5, 0.6) is 0 Å². The topological polar surface area (TPSA) is 48.5 Å². The molecule has 3 heterocycles. The van der Waals surface area contributed by atoms with Crippen molar-refractivity contribution >= 4 is 43.6 Å². The lowest BCUT2D eigenvalue weighted by Gasteiger charge is -2.13. The van der Waals surface area contributed by atoms with Crippen molar-refractivity contribution in [2.75, 3.05) is 0 Å². The van der Waals surface area contributed by atoms with Crippen molar-refractivity contribution in [3.05, 3.63) is 176 Å². The fourth-order valence-electron chi connectivity index (χ4n) is 7.42. The summed E-state index contributed by atoms with van der Waals surface area (Å²) >= 11 is 0. The van der Waals surface area contributed by atoms with Crippen LogP contribution in [0.4, 0.5) is 0 Å². The Morgan fingerprint density at radius 3 is 1.64 bits per heavy atom. The molecule has 10 rings (SSSR count). The molecule has 0 aliphatic rings. The highest BCUT2D eigenvalue weighted by atomic mass is 15.2. The summed E-state index contributed by atoms with van der Waals surface area (Å²) < 4.78 is 4.61. The van der Waals surface area contributed by atoms with Crippen LogP contribution in [-0.2, 0) is 0 Å². The molecule has 0 bridgehead atoms. The third kappa shape index (κ3) is 4.37. The Morgan fingerprint density at radius 1 is 0.340 bits per heavy atom. The van der Waals surface area contributed by atoms with Crippen molar-refractivity contribution in [3.8, 4) is 45.5 Å². The Labute approximate surface area is 288 Å². The summed E-state index contributed by atoms with van der Waals surface area (Å²) in [6, 6.07) is 61.3. The number of fused-ring (bicyclic) bond motifs is 7. The number of hydrogen-bond acceptors (Lipinski definition) is 3. The largest absolute Gasteiger partial charge is 0.309 e. The molecule has 0 unspecified atom stereocenters. The van der Waals surface area contributed by atoms with Crippen molar-refractivity contribution in [2.24, 2.45) is 0 Å². The molecule has 0 radical (unpaired) electrons. The molecule has 3 aromatic heterocycles. The van der Waals surface area contributed by atoms with Crippen LogP contribution in [-0.4, -0.2) is 24.1 Å². The van der Waals surface area contributed by atoms with Crippen molar-refractivity contribution in [1.29, 1.82) is 0 Å². The minimum Gasteiger partial charge on any atom is -0.309 e. The maximum Gasteiger partial charge on any atom is 0.238 e. The number of rotatable bonds is 5. The summed E-state index contributed by atoms with van der Waals surface area (Å²) in [6.45, 7) is 0. The zero-order valence-corrected chi connectivity index (χ0v) is 27.0. The third-order valence-corrected chi connectivity index (χ3v) is 9.59. The smallest absolute Gasteiger partial charge is 0.238 e. The maximum atomic E-state index is 5.30. The van der Waals surface area contributed by atoms with Gasteiger partial charge in [0.2, 0.25) is 5.95 Å². The molecule has 0 N–H and O–H groups in total. The van der Waals surface area contributed by atoms with E-state index in [0.29, 0.717) is 17.6 Å². The lowest BCUT2D eigenvalue weighted by Crippen LogP contribution is -2.06. The molecular formula is C45H29N5. The molecule has 0 spiro atoms. The molecule has 5 heteroatoms. The third-order valence-electron chi connectivity index (χ3n) is 9.59. The zero-order valence-electron chi connectivity index (χ0n) is 27.0. The van der Waals surface area contributed by atoms with E-state index in [0.717, 1.165) is 55.3 Å². The average Bonchev–Trinajstić information content (AvgIpc) is 3.72. The Morgan fingerprint density at radius 2 is 0.900 bits per heavy atom. The van der Waals surface area contributed by atoms with Crippen LogP contribution in [0.15, 0.2) is 176 Å². The second kappa shape index (κ2) is 11.4. The number of hydrogen-bond donors (Lipinski definition) is 0. The van der Waals surface area contributed by atoms with Gasteiger partial charge in [0.1, 0.15) is 0 Å². The first-order valence-corrected chi connectivity index (χ1v) is 16.8. The number of para-hydroxylation sites is 3. The van der Waals surface area contributed by atoms with Crippen LogP contribution in [0.1, 0.15) is 0 Å². The van der Waals surface area contributed by atoms with Crippen molar-refractivity contribution in [3.63, 3.8) is 0 Å². The van der Waals surface area contributed by atoms with Gasteiger partial charge in [-0.1, -0.05) is 146 Å². The fourth-order valence-corrected chi connectivity index (χ4v) is 7.42. The van der Waals surface area contributed by atoms with Crippen LogP contribution >= 0.6 is 0 Å². The molecular weight excluding hydrogens is 611 g/mol. The van der Waals surface area contributed by atoms with E-state index in [1.165, 1.54) is 16.3 Å². The van der Waals surface area contributed by atoms with Crippen molar-refractivity contribution in [1.82, 2.24) is 24.1 Å². The number of nitrogens with zero attached hydrogens (tertiary/aromatic N) is 5. The average molecular weight is 640 g/mol. The molecule has 0 saturated heterocycles. The van der Waals surface area contributed by atoms with Gasteiger partial charge in [0, 0.05) is 38.4 Å². The molecule has 0 aliphatic carbocycles. The molecule has 10 aromatic rings. The molecule has 50 heavy (non-hydrogen) atoms. The van der Waals surface area contributed by atoms with Gasteiger partial charge in [-0.25, -0.2) is 4.98 Å². The maximum absolute atomic E-state index is 5.30. The SMILES string of the molecule is c1ccc(-c2nc(-c3ccccc3-c3ccccc3)nc(-n3c4ccccc4c4c3ccc3c5ccccc5n(-c5ccccc5)c34)n2)cc1. The summed E-state index contributed by atoms with van der Waals surface area (Å²) in [4.78, 5) is 15.6. The van der Waals surface area contributed by atoms with Gasteiger partial charge < -0.3 is 4.57 Å². The van der Waals surface area contributed by atoms with E-state index in [9.17, 15) is 0 Å². The molecule has 0 atom stereocenters. The minimum atomic E-state index is 0.574. The normalized spacial score (nSPS) is 11.6. The monoisotopic (exact) mass is 639 g/mol. The van der Waals surface area contributed by atoms with Gasteiger partial charge in [0.15, 0.2) is 11.6 Å². The van der Waals surface area contributed by atoms with E-state index in [1.807, 2.05) is 30.3 Å². The highest BCUT2D eigenvalue weighted by Gasteiger charge is 2.23. The lowest BCUT2D eigenvalue weighted by molar-refractivity contribution is 0.954. The summed E-state index contributed by atoms with van der Waals surface area (Å²) in [5, 5.41) is 4.72. The Bertz CT molecular complexity index is 2850. The fraction of sp³-hybridized carbons (Fsp3) is 0. The summed E-state index contributed by atoms with van der Waals surface area (Å²) in [5.74, 6) is 1.82. The van der Waals surface area contributed by atoms with E-state index >= 15 is 0 Å². The van der Waals surface area contributed by atoms with Crippen LogP contribution < -0.4 is 0 Å². The Kier molecular flexibility index (Phi) is 6.42. The highest BCUT2D eigenvalue weighted by Crippen LogP contribution is 2.42. The van der Waals surface area contributed by atoms with Crippen LogP contribution in [0.3, 0.4) is 0 Å². The molecule has 0 aliphatic heterocycles. The van der Waals surface area contributed by atoms with E-state index in [4.69, 9.17) is 15.0 Å². The number of aromatic nitrogens is 5. The summed E-state index contributed by atoms with van der Waals surface area (Å²) in [5.41, 5.74) is 9.59. The van der Waals surface area contributed by atoms with Crippen LogP contribution in [0.25, 0.3) is 89.2 Å². The first kappa shape index (κ1) is 28.2. The van der Waals surface area contributed by atoms with Crippen molar-refractivity contribution < 1.29 is 0 Å². The van der Waals surface area contributed by atoms with Gasteiger partial charge in [-0.15, -0.1) is 0 Å². The van der Waals surface area contributed by atoms with Gasteiger partial charge in [-0.2, -0.15) is 9.97 Å². The van der Waals surface area contributed by atoms with E-state index < -0.39 is 0 Å². The van der Waals surface area contributed by atoms with E-state index in [2.05, 4.69) is 155 Å². The molecule has 234 valence electrons. The second-order valence-electron chi connectivity index (χ2n) is 12.5. The van der Waals surface area contributed by atoms with E-state index in [1.54, 1.807) is 0 Å². The molecule has 0 fully saturated rings. The van der Waals surface area contributed by atoms with Crippen LogP contribution in [0.2, 0.25) is 0 Å². The van der Waals surface area contributed by atoms with Gasteiger partial charge in [0.05, 0.1) is 22.1 Å². The molecule has 0 saturated carbocycles. The van der Waals surface area contributed by atoms with Gasteiger partial charge in [-0.3, -0.25) is 4.57 Å². The zero-order chi connectivity index (χ0) is 33.0. The Hall–Kier alpha value is -6.85. The van der Waals surface area contributed by atoms with Crippen molar-refractivity contribution in [2.45, 2.75) is 0 Å².